The van der Waals surface area contributed by atoms with Crippen LogP contribution in [0.2, 0.25) is 0 Å². The van der Waals surface area contributed by atoms with E-state index in [0.717, 1.165) is 43.9 Å². The van der Waals surface area contributed by atoms with Crippen LogP contribution in [0.5, 0.6) is 0 Å². The number of nitrogens with one attached hydrogen (secondary N) is 1. The standard InChI is InChI=1S/C23H25N2S2.C3H7NOS2.C2H6/c1-3-16-24-18-10-5-7-12-20(18)26-22(24)14-9-15-23-25(17-4-2)19-11-6-8-13-21(19)27-23;5-7-3-1-2-6-4-7;1-2/h5-15H,3-4,16-17H2,1-2H3;4H,1-3H2;1-2H3/q+1;;. The second-order valence-corrected chi connectivity index (χ2v) is 12.6. The molecule has 0 bridgehead atoms. The van der Waals surface area contributed by atoms with Gasteiger partial charge in [-0.25, -0.2) is 4.21 Å². The normalized spacial score (nSPS) is 18.1. The van der Waals surface area contributed by atoms with Crippen molar-refractivity contribution >= 4 is 68.0 Å². The summed E-state index contributed by atoms with van der Waals surface area (Å²) in [6, 6.07) is 17.4. The van der Waals surface area contributed by atoms with Gasteiger partial charge in [0.1, 0.15) is 22.2 Å². The third kappa shape index (κ3) is 7.71. The van der Waals surface area contributed by atoms with Gasteiger partial charge in [-0.3, -0.25) is 0 Å². The summed E-state index contributed by atoms with van der Waals surface area (Å²) in [7, 11) is -0.727. The first-order chi connectivity index (χ1) is 17.7. The Kier molecular flexibility index (Phi) is 12.6. The average Bonchev–Trinajstić information content (AvgIpc) is 3.45. The number of hydrogen-bond donors (Lipinski definition) is 1. The maximum atomic E-state index is 10.4. The second kappa shape index (κ2) is 15.6. The molecule has 8 heteroatoms. The lowest BCUT2D eigenvalue weighted by atomic mass is 10.3. The number of benzene rings is 2. The van der Waals surface area contributed by atoms with Crippen molar-refractivity contribution in [2.45, 2.75) is 58.4 Å². The molecule has 0 spiro atoms. The molecule has 3 heterocycles. The van der Waals surface area contributed by atoms with Crippen LogP contribution in [0.1, 0.15) is 52.0 Å². The Balaban J connectivity index is 0.000000342. The monoisotopic (exact) mass is 560 g/mol. The fourth-order valence-electron chi connectivity index (χ4n) is 3.89. The lowest BCUT2D eigenvalue weighted by Crippen LogP contribution is -2.34. The SMILES string of the molecule is CC.CCCN1/C(=C/C=C/c2sc3ccccc3[n+]2CCC)Sc2ccccc21.O=S1CCCSN1. The summed E-state index contributed by atoms with van der Waals surface area (Å²) >= 11 is 5.30. The van der Waals surface area contributed by atoms with E-state index in [1.165, 1.54) is 30.8 Å². The molecule has 2 aliphatic rings. The minimum absolute atomic E-state index is 0.727. The van der Waals surface area contributed by atoms with Gasteiger partial charge in [0.25, 0.3) is 5.01 Å². The molecule has 0 radical (unpaired) electrons. The molecule has 1 N–H and O–H groups in total. The summed E-state index contributed by atoms with van der Waals surface area (Å²) in [6.45, 7) is 10.6. The van der Waals surface area contributed by atoms with Gasteiger partial charge in [-0.15, -0.1) is 0 Å². The minimum Gasteiger partial charge on any atom is -0.335 e. The summed E-state index contributed by atoms with van der Waals surface area (Å²) in [6.07, 6.45) is 10.1. The summed E-state index contributed by atoms with van der Waals surface area (Å²) in [5.41, 5.74) is 2.68. The maximum Gasteiger partial charge on any atom is 0.262 e. The number of para-hydroxylation sites is 2. The van der Waals surface area contributed by atoms with Crippen molar-refractivity contribution in [1.29, 1.82) is 0 Å². The number of aromatic nitrogens is 1. The van der Waals surface area contributed by atoms with Crippen LogP contribution in [0.25, 0.3) is 16.3 Å². The first-order valence-electron chi connectivity index (χ1n) is 12.8. The average molecular weight is 561 g/mol. The maximum absolute atomic E-state index is 10.4. The summed E-state index contributed by atoms with van der Waals surface area (Å²) in [5, 5.41) is 2.63. The first kappa shape index (κ1) is 29.0. The molecule has 2 aromatic carbocycles. The molecular formula is C28H38N3OS4+. The zero-order valence-electron chi connectivity index (χ0n) is 21.7. The van der Waals surface area contributed by atoms with E-state index in [2.05, 4.69) is 94.2 Å². The molecule has 1 unspecified atom stereocenters. The van der Waals surface area contributed by atoms with E-state index in [-0.39, 0.29) is 0 Å². The Hall–Kier alpha value is -1.58. The topological polar surface area (TPSA) is 36.2 Å². The number of rotatable bonds is 6. The fraction of sp³-hybridized carbons (Fsp3) is 0.393. The van der Waals surface area contributed by atoms with Crippen molar-refractivity contribution in [1.82, 2.24) is 4.13 Å². The highest BCUT2D eigenvalue weighted by atomic mass is 32.2. The Labute approximate surface area is 232 Å². The molecule has 36 heavy (non-hydrogen) atoms. The number of anilines is 1. The molecule has 1 fully saturated rings. The van der Waals surface area contributed by atoms with Gasteiger partial charge in [0, 0.05) is 41.5 Å². The van der Waals surface area contributed by atoms with Crippen molar-refractivity contribution in [3.63, 3.8) is 0 Å². The molecule has 0 amide bonds. The van der Waals surface area contributed by atoms with Crippen molar-refractivity contribution < 1.29 is 8.78 Å². The third-order valence-electron chi connectivity index (χ3n) is 5.37. The smallest absolute Gasteiger partial charge is 0.262 e. The van der Waals surface area contributed by atoms with Gasteiger partial charge in [-0.05, 0) is 37.1 Å². The van der Waals surface area contributed by atoms with E-state index in [9.17, 15) is 4.21 Å². The molecule has 1 atom stereocenters. The van der Waals surface area contributed by atoms with E-state index in [1.54, 1.807) is 11.9 Å². The lowest BCUT2D eigenvalue weighted by Gasteiger charge is -2.19. The predicted octanol–water partition coefficient (Wildman–Crippen LogP) is 7.79. The molecule has 4 nitrogen and oxygen atoms in total. The molecule has 5 rings (SSSR count). The molecule has 0 aliphatic carbocycles. The molecule has 194 valence electrons. The highest BCUT2D eigenvalue weighted by Gasteiger charge is 2.23. The number of allylic oxidation sites excluding steroid dienone is 2. The first-order valence-corrected chi connectivity index (χ1v) is 16.7. The summed E-state index contributed by atoms with van der Waals surface area (Å²) < 4.78 is 17.0. The van der Waals surface area contributed by atoms with E-state index in [4.69, 9.17) is 0 Å². The van der Waals surface area contributed by atoms with Crippen LogP contribution < -0.4 is 13.6 Å². The van der Waals surface area contributed by atoms with Crippen LogP contribution in [0.4, 0.5) is 5.69 Å². The highest BCUT2D eigenvalue weighted by Crippen LogP contribution is 2.45. The van der Waals surface area contributed by atoms with Crippen molar-refractivity contribution in [2.75, 3.05) is 23.0 Å². The molecule has 1 aromatic heterocycles. The molecule has 0 saturated carbocycles. The zero-order valence-corrected chi connectivity index (χ0v) is 25.0. The molecule has 2 aliphatic heterocycles. The number of nitrogens with zero attached hydrogens (tertiary/aromatic N) is 2. The van der Waals surface area contributed by atoms with Gasteiger partial charge >= 0.3 is 0 Å². The van der Waals surface area contributed by atoms with Gasteiger partial charge in [-0.1, -0.05) is 93.1 Å². The van der Waals surface area contributed by atoms with Crippen LogP contribution >= 0.6 is 35.0 Å². The number of aryl methyl sites for hydroxylation is 1. The Morgan fingerprint density at radius 3 is 2.56 bits per heavy atom. The van der Waals surface area contributed by atoms with Gasteiger partial charge in [-0.2, -0.15) is 8.69 Å². The quantitative estimate of drug-likeness (QED) is 0.247. The van der Waals surface area contributed by atoms with Crippen LogP contribution in [-0.2, 0) is 17.5 Å². The highest BCUT2D eigenvalue weighted by molar-refractivity contribution is 8.07. The molecular weight excluding hydrogens is 523 g/mol. The molecule has 3 aromatic rings. The van der Waals surface area contributed by atoms with Crippen molar-refractivity contribution in [3.8, 4) is 0 Å². The largest absolute Gasteiger partial charge is 0.335 e. The lowest BCUT2D eigenvalue weighted by molar-refractivity contribution is -0.668. The van der Waals surface area contributed by atoms with Crippen LogP contribution in [0.15, 0.2) is 70.6 Å². The van der Waals surface area contributed by atoms with E-state index >= 15 is 0 Å². The van der Waals surface area contributed by atoms with Crippen molar-refractivity contribution in [3.05, 3.63) is 70.7 Å². The van der Waals surface area contributed by atoms with Crippen LogP contribution in [0.3, 0.4) is 0 Å². The van der Waals surface area contributed by atoms with E-state index in [0.29, 0.717) is 0 Å². The van der Waals surface area contributed by atoms with Gasteiger partial charge < -0.3 is 4.90 Å². The zero-order chi connectivity index (χ0) is 25.8. The Morgan fingerprint density at radius 1 is 1.08 bits per heavy atom. The van der Waals surface area contributed by atoms with Crippen molar-refractivity contribution in [2.24, 2.45) is 0 Å². The van der Waals surface area contributed by atoms with E-state index in [1.807, 2.05) is 36.9 Å². The van der Waals surface area contributed by atoms with Gasteiger partial charge in [0.15, 0.2) is 0 Å². The Bertz CT molecular complexity index is 1180. The Morgan fingerprint density at radius 2 is 1.86 bits per heavy atom. The molecule has 1 saturated heterocycles. The second-order valence-electron chi connectivity index (χ2n) is 7.98. The van der Waals surface area contributed by atoms with E-state index < -0.39 is 11.0 Å². The fourth-order valence-corrected chi connectivity index (χ4v) is 8.16. The van der Waals surface area contributed by atoms with Crippen LogP contribution in [0, 0.1) is 0 Å². The van der Waals surface area contributed by atoms with Gasteiger partial charge in [0.05, 0.1) is 10.7 Å². The summed E-state index contributed by atoms with van der Waals surface area (Å²) in [4.78, 5) is 3.79. The minimum atomic E-state index is -0.727. The number of thioether (sulfide) groups is 1. The van der Waals surface area contributed by atoms with Crippen LogP contribution in [-0.4, -0.2) is 22.3 Å². The number of hydrogen-bond acceptors (Lipinski definition) is 5. The third-order valence-corrected chi connectivity index (χ3v) is 10.0. The number of fused-ring (bicyclic) bond motifs is 2. The van der Waals surface area contributed by atoms with Gasteiger partial charge in [0.2, 0.25) is 5.52 Å². The predicted molar refractivity (Wildman–Crippen MR) is 164 cm³/mol. The number of thiazole rings is 1. The summed E-state index contributed by atoms with van der Waals surface area (Å²) in [5.74, 6) is 1.93.